The van der Waals surface area contributed by atoms with Crippen LogP contribution in [0.25, 0.3) is 77.0 Å². The summed E-state index contributed by atoms with van der Waals surface area (Å²) in [5, 5.41) is 5.56. The second-order valence-electron chi connectivity index (χ2n) is 13.1. The zero-order valence-corrected chi connectivity index (χ0v) is 28.3. The molecule has 0 bridgehead atoms. The lowest BCUT2D eigenvalue weighted by molar-refractivity contribution is 0.672. The molecule has 244 valence electrons. The molecule has 8 aromatic carbocycles. The largest absolute Gasteiger partial charge is 0.455 e. The maximum Gasteiger partial charge on any atom is 0.146 e. The third-order valence-corrected chi connectivity index (χ3v) is 10.1. The van der Waals surface area contributed by atoms with Gasteiger partial charge >= 0.3 is 0 Å². The summed E-state index contributed by atoms with van der Waals surface area (Å²) in [6.45, 7) is 0. The molecule has 2 aromatic heterocycles. The number of pyridine rings is 1. The van der Waals surface area contributed by atoms with Crippen LogP contribution < -0.4 is 4.90 Å². The van der Waals surface area contributed by atoms with Gasteiger partial charge in [0.15, 0.2) is 0 Å². The highest BCUT2D eigenvalue weighted by Crippen LogP contribution is 2.44. The van der Waals surface area contributed by atoms with Gasteiger partial charge in [-0.2, -0.15) is 0 Å². The van der Waals surface area contributed by atoms with E-state index in [1.807, 2.05) is 24.4 Å². The van der Waals surface area contributed by atoms with Gasteiger partial charge in [-0.3, -0.25) is 4.98 Å². The Balaban J connectivity index is 1.17. The van der Waals surface area contributed by atoms with Gasteiger partial charge in [-0.15, -0.1) is 0 Å². The summed E-state index contributed by atoms with van der Waals surface area (Å²) < 4.78 is 6.40. The molecule has 0 amide bonds. The molecule has 0 saturated carbocycles. The standard InChI is InChI=1S/C49H32N2O/c1-3-14-33(15-4-1)38-28-29-39(42-22-8-7-21-41(38)42)35-18-13-19-36(30-35)51(47-24-11-9-20-40(47)34-16-5-2-6-17-34)37-26-27-44-46(31-37)50-32-45-43-23-10-12-25-48(43)52-49(44)45/h1-32H. The van der Waals surface area contributed by atoms with E-state index in [9.17, 15) is 0 Å². The predicted molar refractivity (Wildman–Crippen MR) is 218 cm³/mol. The SMILES string of the molecule is c1ccc(-c2ccccc2N(c2cccc(-c3ccc(-c4ccccc4)c4ccccc34)c2)c2ccc3c(c2)ncc2c4ccccc4oc32)cc1. The first-order valence-corrected chi connectivity index (χ1v) is 17.6. The first-order chi connectivity index (χ1) is 25.8. The molecular formula is C49H32N2O. The Morgan fingerprint density at radius 3 is 1.75 bits per heavy atom. The number of aromatic nitrogens is 1. The monoisotopic (exact) mass is 664 g/mol. The van der Waals surface area contributed by atoms with Gasteiger partial charge < -0.3 is 9.32 Å². The van der Waals surface area contributed by atoms with E-state index >= 15 is 0 Å². The maximum absolute atomic E-state index is 6.40. The third-order valence-electron chi connectivity index (χ3n) is 10.1. The maximum atomic E-state index is 6.40. The minimum absolute atomic E-state index is 0.863. The van der Waals surface area contributed by atoms with Crippen LogP contribution in [0.5, 0.6) is 0 Å². The smallest absolute Gasteiger partial charge is 0.146 e. The molecule has 0 spiro atoms. The Kier molecular flexibility index (Phi) is 7.14. The number of hydrogen-bond acceptors (Lipinski definition) is 3. The predicted octanol–water partition coefficient (Wildman–Crippen LogP) is 13.8. The number of hydrogen-bond donors (Lipinski definition) is 0. The van der Waals surface area contributed by atoms with E-state index in [0.717, 1.165) is 66.6 Å². The van der Waals surface area contributed by atoms with Gasteiger partial charge in [0.25, 0.3) is 0 Å². The van der Waals surface area contributed by atoms with Crippen molar-refractivity contribution in [2.24, 2.45) is 0 Å². The van der Waals surface area contributed by atoms with Crippen LogP contribution in [0.3, 0.4) is 0 Å². The van der Waals surface area contributed by atoms with Gasteiger partial charge in [-0.05, 0) is 81.1 Å². The molecule has 2 heterocycles. The Bertz CT molecular complexity index is 2910. The zero-order chi connectivity index (χ0) is 34.4. The minimum atomic E-state index is 0.863. The van der Waals surface area contributed by atoms with Crippen LogP contribution in [0.15, 0.2) is 199 Å². The summed E-state index contributed by atoms with van der Waals surface area (Å²) in [5.74, 6) is 0. The van der Waals surface area contributed by atoms with Crippen molar-refractivity contribution in [3.05, 3.63) is 194 Å². The van der Waals surface area contributed by atoms with E-state index in [-0.39, 0.29) is 0 Å². The normalized spacial score (nSPS) is 11.5. The average Bonchev–Trinajstić information content (AvgIpc) is 3.61. The Morgan fingerprint density at radius 1 is 0.385 bits per heavy atom. The van der Waals surface area contributed by atoms with Gasteiger partial charge in [-0.25, -0.2) is 0 Å². The van der Waals surface area contributed by atoms with E-state index < -0.39 is 0 Å². The van der Waals surface area contributed by atoms with Gasteiger partial charge in [0, 0.05) is 39.3 Å². The summed E-state index contributed by atoms with van der Waals surface area (Å²) in [6, 6.07) is 66.7. The first-order valence-electron chi connectivity index (χ1n) is 17.6. The molecule has 0 aliphatic carbocycles. The second kappa shape index (κ2) is 12.4. The summed E-state index contributed by atoms with van der Waals surface area (Å²) >= 11 is 0. The molecule has 3 nitrogen and oxygen atoms in total. The molecule has 0 atom stereocenters. The number of furan rings is 1. The molecule has 0 aliphatic rings. The summed E-state index contributed by atoms with van der Waals surface area (Å²) in [4.78, 5) is 7.35. The van der Waals surface area contributed by atoms with Crippen molar-refractivity contribution in [3.8, 4) is 33.4 Å². The van der Waals surface area contributed by atoms with Crippen molar-refractivity contribution in [2.75, 3.05) is 4.90 Å². The Morgan fingerprint density at radius 2 is 0.981 bits per heavy atom. The molecule has 0 unspecified atom stereocenters. The first kappa shape index (κ1) is 29.9. The van der Waals surface area contributed by atoms with Crippen molar-refractivity contribution in [1.29, 1.82) is 0 Å². The van der Waals surface area contributed by atoms with Gasteiger partial charge in [-0.1, -0.05) is 146 Å². The summed E-state index contributed by atoms with van der Waals surface area (Å²) in [7, 11) is 0. The number of fused-ring (bicyclic) bond motifs is 6. The Hall–Kier alpha value is -6.97. The van der Waals surface area contributed by atoms with Crippen LogP contribution in [0, 0.1) is 0 Å². The number of rotatable bonds is 6. The molecule has 52 heavy (non-hydrogen) atoms. The van der Waals surface area contributed by atoms with Crippen LogP contribution >= 0.6 is 0 Å². The van der Waals surface area contributed by atoms with E-state index in [0.29, 0.717) is 0 Å². The third kappa shape index (κ3) is 5.02. The van der Waals surface area contributed by atoms with Gasteiger partial charge in [0.1, 0.15) is 11.2 Å². The van der Waals surface area contributed by atoms with E-state index in [2.05, 4.69) is 175 Å². The highest BCUT2D eigenvalue weighted by atomic mass is 16.3. The molecule has 0 radical (unpaired) electrons. The quantitative estimate of drug-likeness (QED) is 0.177. The lowest BCUT2D eigenvalue weighted by Crippen LogP contribution is -2.11. The summed E-state index contributed by atoms with van der Waals surface area (Å²) in [6.07, 6.45) is 1.94. The highest BCUT2D eigenvalue weighted by molar-refractivity contribution is 6.14. The number of nitrogens with zero attached hydrogens (tertiary/aromatic N) is 2. The van der Waals surface area contributed by atoms with Crippen molar-refractivity contribution in [3.63, 3.8) is 0 Å². The van der Waals surface area contributed by atoms with Gasteiger partial charge in [0.2, 0.25) is 0 Å². The van der Waals surface area contributed by atoms with Crippen LogP contribution in [-0.2, 0) is 0 Å². The second-order valence-corrected chi connectivity index (χ2v) is 13.1. The van der Waals surface area contributed by atoms with Crippen molar-refractivity contribution in [1.82, 2.24) is 4.98 Å². The highest BCUT2D eigenvalue weighted by Gasteiger charge is 2.20. The van der Waals surface area contributed by atoms with Gasteiger partial charge in [0.05, 0.1) is 11.2 Å². The fourth-order valence-corrected chi connectivity index (χ4v) is 7.68. The number of benzene rings is 8. The minimum Gasteiger partial charge on any atom is -0.455 e. The van der Waals surface area contributed by atoms with E-state index in [1.165, 1.54) is 27.5 Å². The topological polar surface area (TPSA) is 29.3 Å². The lowest BCUT2D eigenvalue weighted by Gasteiger charge is -2.28. The van der Waals surface area contributed by atoms with Crippen LogP contribution in [0.2, 0.25) is 0 Å². The molecular weight excluding hydrogens is 633 g/mol. The molecule has 0 fully saturated rings. The van der Waals surface area contributed by atoms with Crippen molar-refractivity contribution < 1.29 is 4.42 Å². The van der Waals surface area contributed by atoms with Crippen molar-refractivity contribution in [2.45, 2.75) is 0 Å². The summed E-state index contributed by atoms with van der Waals surface area (Å²) in [5.41, 5.74) is 12.9. The molecule has 0 saturated heterocycles. The van der Waals surface area contributed by atoms with Crippen LogP contribution in [-0.4, -0.2) is 4.98 Å². The lowest BCUT2D eigenvalue weighted by atomic mass is 9.92. The number of para-hydroxylation sites is 2. The van der Waals surface area contributed by atoms with Crippen LogP contribution in [0.4, 0.5) is 17.1 Å². The average molecular weight is 665 g/mol. The fraction of sp³-hybridized carbons (Fsp3) is 0. The molecule has 10 rings (SSSR count). The molecule has 10 aromatic rings. The molecule has 0 aliphatic heterocycles. The van der Waals surface area contributed by atoms with Crippen molar-refractivity contribution >= 4 is 60.7 Å². The van der Waals surface area contributed by atoms with Crippen LogP contribution in [0.1, 0.15) is 0 Å². The number of anilines is 3. The van der Waals surface area contributed by atoms with E-state index in [1.54, 1.807) is 0 Å². The molecule has 3 heteroatoms. The fourth-order valence-electron chi connectivity index (χ4n) is 7.68. The Labute approximate surface area is 301 Å². The molecule has 0 N–H and O–H groups in total. The zero-order valence-electron chi connectivity index (χ0n) is 28.3. The van der Waals surface area contributed by atoms with E-state index in [4.69, 9.17) is 9.40 Å².